The van der Waals surface area contributed by atoms with Gasteiger partial charge in [0.2, 0.25) is 0 Å². The molecule has 0 aliphatic heterocycles. The van der Waals surface area contributed by atoms with E-state index in [9.17, 15) is 4.79 Å². The summed E-state index contributed by atoms with van der Waals surface area (Å²) < 4.78 is 4.66. The van der Waals surface area contributed by atoms with Crippen LogP contribution in [0.25, 0.3) is 0 Å². The molecule has 0 N–H and O–H groups in total. The first-order chi connectivity index (χ1) is 7.02. The lowest BCUT2D eigenvalue weighted by atomic mass is 10.2. The lowest BCUT2D eigenvalue weighted by Crippen LogP contribution is -2.05. The van der Waals surface area contributed by atoms with Crippen molar-refractivity contribution >= 4 is 5.97 Å². The molecule has 0 heterocycles. The number of ether oxygens (including phenoxy) is 1. The Bertz CT molecular complexity index is 265. The van der Waals surface area contributed by atoms with Gasteiger partial charge in [0.15, 0.2) is 0 Å². The lowest BCUT2D eigenvalue weighted by molar-refractivity contribution is -0.141. The first-order valence-electron chi connectivity index (χ1n) is 5.17. The van der Waals surface area contributed by atoms with Gasteiger partial charge in [-0.3, -0.25) is 4.79 Å². The van der Waals surface area contributed by atoms with Crippen LogP contribution in [0.4, 0.5) is 0 Å². The number of hydrogen-bond acceptors (Lipinski definition) is 2. The van der Waals surface area contributed by atoms with Crippen molar-refractivity contribution in [2.75, 3.05) is 6.61 Å². The molecule has 2 nitrogen and oxygen atoms in total. The van der Waals surface area contributed by atoms with Crippen LogP contribution in [0.1, 0.15) is 26.3 Å². The number of benzene rings is 1. The fourth-order valence-electron chi connectivity index (χ4n) is 0.818. The van der Waals surface area contributed by atoms with Crippen molar-refractivity contribution < 1.29 is 9.53 Å². The SMILES string of the molecule is CC(=O)OCC(C)C.Cc1ccccc1. The van der Waals surface area contributed by atoms with Crippen molar-refractivity contribution in [2.24, 2.45) is 5.92 Å². The minimum atomic E-state index is -0.196. The summed E-state index contributed by atoms with van der Waals surface area (Å²) in [5.41, 5.74) is 1.32. The molecule has 0 saturated heterocycles. The van der Waals surface area contributed by atoms with E-state index in [-0.39, 0.29) is 5.97 Å². The van der Waals surface area contributed by atoms with Gasteiger partial charge in [-0.2, -0.15) is 0 Å². The standard InChI is InChI=1S/C7H8.C6H12O2/c1-7-5-3-2-4-6-7;1-5(2)4-8-6(3)7/h2-6H,1H3;5H,4H2,1-3H3. The van der Waals surface area contributed by atoms with E-state index in [2.05, 4.69) is 23.8 Å². The third-order valence-electron chi connectivity index (χ3n) is 1.56. The van der Waals surface area contributed by atoms with Crippen LogP contribution in [0, 0.1) is 12.8 Å². The zero-order valence-electron chi connectivity index (χ0n) is 9.99. The highest BCUT2D eigenvalue weighted by Gasteiger charge is 1.94. The normalized spacial score (nSPS) is 9.13. The molecule has 0 aromatic heterocycles. The number of esters is 1. The molecule has 0 atom stereocenters. The average Bonchev–Trinajstić information content (AvgIpc) is 2.17. The van der Waals surface area contributed by atoms with Crippen LogP contribution in [-0.2, 0) is 9.53 Å². The van der Waals surface area contributed by atoms with Gasteiger partial charge >= 0.3 is 5.97 Å². The Labute approximate surface area is 92.3 Å². The van der Waals surface area contributed by atoms with Crippen LogP contribution in [0.2, 0.25) is 0 Å². The Hall–Kier alpha value is -1.31. The van der Waals surface area contributed by atoms with E-state index in [0.29, 0.717) is 12.5 Å². The Morgan fingerprint density at radius 2 is 1.80 bits per heavy atom. The molecule has 0 fully saturated rings. The third-order valence-corrected chi connectivity index (χ3v) is 1.56. The molecule has 0 spiro atoms. The predicted molar refractivity (Wildman–Crippen MR) is 62.7 cm³/mol. The molecular formula is C13H20O2. The van der Waals surface area contributed by atoms with E-state index in [0.717, 1.165) is 0 Å². The topological polar surface area (TPSA) is 26.3 Å². The van der Waals surface area contributed by atoms with Gasteiger partial charge in [0.25, 0.3) is 0 Å². The molecule has 84 valence electrons. The molecule has 0 radical (unpaired) electrons. The summed E-state index contributed by atoms with van der Waals surface area (Å²) in [6.45, 7) is 8.05. The molecule has 0 bridgehead atoms. The summed E-state index contributed by atoms with van der Waals surface area (Å²) in [6.07, 6.45) is 0. The minimum absolute atomic E-state index is 0.196. The predicted octanol–water partition coefficient (Wildman–Crippen LogP) is 3.20. The van der Waals surface area contributed by atoms with Gasteiger partial charge in [-0.15, -0.1) is 0 Å². The average molecular weight is 208 g/mol. The van der Waals surface area contributed by atoms with E-state index in [1.165, 1.54) is 12.5 Å². The maximum Gasteiger partial charge on any atom is 0.302 e. The van der Waals surface area contributed by atoms with Crippen molar-refractivity contribution in [3.8, 4) is 0 Å². The molecule has 0 saturated carbocycles. The van der Waals surface area contributed by atoms with Gasteiger partial charge < -0.3 is 4.74 Å². The van der Waals surface area contributed by atoms with Crippen LogP contribution in [0.3, 0.4) is 0 Å². The lowest BCUT2D eigenvalue weighted by Gasteiger charge is -2.02. The summed E-state index contributed by atoms with van der Waals surface area (Å²) in [5.74, 6) is 0.248. The number of carbonyl (C=O) groups excluding carboxylic acids is 1. The van der Waals surface area contributed by atoms with E-state index >= 15 is 0 Å². The molecule has 1 rings (SSSR count). The molecule has 2 heteroatoms. The Balaban J connectivity index is 0.000000262. The van der Waals surface area contributed by atoms with Crippen LogP contribution in [-0.4, -0.2) is 12.6 Å². The van der Waals surface area contributed by atoms with Crippen molar-refractivity contribution in [3.63, 3.8) is 0 Å². The van der Waals surface area contributed by atoms with Gasteiger partial charge in [0.05, 0.1) is 6.61 Å². The van der Waals surface area contributed by atoms with E-state index in [4.69, 9.17) is 0 Å². The summed E-state index contributed by atoms with van der Waals surface area (Å²) in [7, 11) is 0. The molecule has 15 heavy (non-hydrogen) atoms. The Morgan fingerprint density at radius 3 is 2.00 bits per heavy atom. The summed E-state index contributed by atoms with van der Waals surface area (Å²) in [5, 5.41) is 0. The first-order valence-corrected chi connectivity index (χ1v) is 5.17. The zero-order valence-corrected chi connectivity index (χ0v) is 9.99. The van der Waals surface area contributed by atoms with E-state index < -0.39 is 0 Å². The van der Waals surface area contributed by atoms with E-state index in [1.54, 1.807) is 0 Å². The van der Waals surface area contributed by atoms with Gasteiger partial charge in [-0.25, -0.2) is 0 Å². The summed E-state index contributed by atoms with van der Waals surface area (Å²) in [4.78, 5) is 10.1. The molecule has 1 aromatic carbocycles. The second-order valence-electron chi connectivity index (χ2n) is 3.85. The molecule has 1 aromatic rings. The van der Waals surface area contributed by atoms with Crippen LogP contribution in [0.5, 0.6) is 0 Å². The number of aryl methyl sites for hydroxylation is 1. The second kappa shape index (κ2) is 8.04. The van der Waals surface area contributed by atoms with Crippen molar-refractivity contribution in [2.45, 2.75) is 27.7 Å². The number of rotatable bonds is 2. The smallest absolute Gasteiger partial charge is 0.302 e. The van der Waals surface area contributed by atoms with Crippen LogP contribution >= 0.6 is 0 Å². The largest absolute Gasteiger partial charge is 0.466 e. The third kappa shape index (κ3) is 10.6. The zero-order chi connectivity index (χ0) is 11.7. The first kappa shape index (κ1) is 13.7. The maximum absolute atomic E-state index is 10.1. The highest BCUT2D eigenvalue weighted by molar-refractivity contribution is 5.65. The van der Waals surface area contributed by atoms with Gasteiger partial charge in [-0.1, -0.05) is 49.7 Å². The molecular weight excluding hydrogens is 188 g/mol. The van der Waals surface area contributed by atoms with Crippen molar-refractivity contribution in [1.29, 1.82) is 0 Å². The number of hydrogen-bond donors (Lipinski definition) is 0. The van der Waals surface area contributed by atoms with Gasteiger partial charge in [-0.05, 0) is 12.8 Å². The number of carbonyl (C=O) groups is 1. The fraction of sp³-hybridized carbons (Fsp3) is 0.462. The van der Waals surface area contributed by atoms with Crippen LogP contribution in [0.15, 0.2) is 30.3 Å². The molecule has 0 aliphatic rings. The van der Waals surface area contributed by atoms with Crippen LogP contribution < -0.4 is 0 Å². The minimum Gasteiger partial charge on any atom is -0.466 e. The molecule has 0 amide bonds. The maximum atomic E-state index is 10.1. The Morgan fingerprint density at radius 1 is 1.27 bits per heavy atom. The summed E-state index contributed by atoms with van der Waals surface area (Å²) in [6, 6.07) is 10.3. The highest BCUT2D eigenvalue weighted by Crippen LogP contribution is 1.92. The van der Waals surface area contributed by atoms with Gasteiger partial charge in [0.1, 0.15) is 0 Å². The highest BCUT2D eigenvalue weighted by atomic mass is 16.5. The van der Waals surface area contributed by atoms with Crippen molar-refractivity contribution in [1.82, 2.24) is 0 Å². The Kier molecular flexibility index (Phi) is 7.33. The monoisotopic (exact) mass is 208 g/mol. The van der Waals surface area contributed by atoms with Crippen molar-refractivity contribution in [3.05, 3.63) is 35.9 Å². The van der Waals surface area contributed by atoms with E-state index in [1.807, 2.05) is 32.0 Å². The summed E-state index contributed by atoms with van der Waals surface area (Å²) >= 11 is 0. The quantitative estimate of drug-likeness (QED) is 0.698. The van der Waals surface area contributed by atoms with Gasteiger partial charge in [0, 0.05) is 6.92 Å². The fourth-order valence-corrected chi connectivity index (χ4v) is 0.818. The molecule has 0 unspecified atom stereocenters. The second-order valence-corrected chi connectivity index (χ2v) is 3.85. The molecule has 0 aliphatic carbocycles.